The van der Waals surface area contributed by atoms with Crippen LogP contribution in [0.5, 0.6) is 0 Å². The molecule has 21 heavy (non-hydrogen) atoms. The normalized spacial score (nSPS) is 11.0. The molecule has 0 spiro atoms. The summed E-state index contributed by atoms with van der Waals surface area (Å²) < 4.78 is 0. The summed E-state index contributed by atoms with van der Waals surface area (Å²) in [5, 5.41) is 11.4. The molecule has 1 amide bonds. The molecule has 2 N–H and O–H groups in total. The van der Waals surface area contributed by atoms with Crippen molar-refractivity contribution in [1.29, 1.82) is 0 Å². The molecule has 0 saturated heterocycles. The topological polar surface area (TPSA) is 83.5 Å². The van der Waals surface area contributed by atoms with Crippen LogP contribution in [0.3, 0.4) is 0 Å². The number of hydrogen-bond donors (Lipinski definition) is 2. The lowest BCUT2D eigenvalue weighted by atomic mass is 9.97. The number of ketones is 1. The van der Waals surface area contributed by atoms with Crippen molar-refractivity contribution in [1.82, 2.24) is 5.32 Å². The quantitative estimate of drug-likeness (QED) is 0.720. The molecule has 5 heteroatoms. The van der Waals surface area contributed by atoms with Gasteiger partial charge < -0.3 is 10.4 Å². The summed E-state index contributed by atoms with van der Waals surface area (Å²) in [6.07, 6.45) is 0.589. The summed E-state index contributed by atoms with van der Waals surface area (Å²) >= 11 is 0. The van der Waals surface area contributed by atoms with Crippen molar-refractivity contribution in [3.05, 3.63) is 35.9 Å². The fourth-order valence-corrected chi connectivity index (χ4v) is 1.92. The van der Waals surface area contributed by atoms with Crippen LogP contribution in [0.25, 0.3) is 0 Å². The largest absolute Gasteiger partial charge is 0.481 e. The highest BCUT2D eigenvalue weighted by molar-refractivity contribution is 5.97. The molecular weight excluding hydrogens is 270 g/mol. The minimum Gasteiger partial charge on any atom is -0.481 e. The van der Waals surface area contributed by atoms with Crippen LogP contribution in [-0.4, -0.2) is 28.3 Å². The predicted molar refractivity (Wildman–Crippen MR) is 79.1 cm³/mol. The first-order valence-electron chi connectivity index (χ1n) is 6.91. The van der Waals surface area contributed by atoms with Crippen LogP contribution >= 0.6 is 0 Å². The van der Waals surface area contributed by atoms with Gasteiger partial charge in [0, 0.05) is 30.4 Å². The van der Waals surface area contributed by atoms with Gasteiger partial charge in [-0.05, 0) is 20.3 Å². The third-order valence-electron chi connectivity index (χ3n) is 3.12. The van der Waals surface area contributed by atoms with E-state index in [0.717, 1.165) is 0 Å². The highest BCUT2D eigenvalue weighted by Gasteiger charge is 2.21. The first kappa shape index (κ1) is 16.9. The lowest BCUT2D eigenvalue weighted by Gasteiger charge is -2.25. The predicted octanol–water partition coefficient (Wildman–Crippen LogP) is 2.41. The van der Waals surface area contributed by atoms with E-state index in [1.54, 1.807) is 38.1 Å². The monoisotopic (exact) mass is 291 g/mol. The number of Topliss-reactive ketones (excluding diaryl/α,β-unsaturated/α-hetero) is 1. The summed E-state index contributed by atoms with van der Waals surface area (Å²) in [6, 6.07) is 8.83. The highest BCUT2D eigenvalue weighted by atomic mass is 16.4. The molecule has 1 rings (SSSR count). The van der Waals surface area contributed by atoms with E-state index in [0.29, 0.717) is 12.0 Å². The maximum absolute atomic E-state index is 11.9. The van der Waals surface area contributed by atoms with Gasteiger partial charge in [0.15, 0.2) is 5.78 Å². The SMILES string of the molecule is CC(C)(CCC(=O)O)NC(=O)CCC(=O)c1ccccc1. The Morgan fingerprint density at radius 2 is 1.67 bits per heavy atom. The van der Waals surface area contributed by atoms with Gasteiger partial charge in [0.1, 0.15) is 0 Å². The molecule has 0 saturated carbocycles. The number of benzene rings is 1. The van der Waals surface area contributed by atoms with E-state index in [1.165, 1.54) is 0 Å². The standard InChI is InChI=1S/C16H21NO4/c1-16(2,11-10-15(20)21)17-14(19)9-8-13(18)12-6-4-3-5-7-12/h3-7H,8-11H2,1-2H3,(H,17,19)(H,20,21). The molecule has 114 valence electrons. The van der Waals surface area contributed by atoms with Crippen molar-refractivity contribution >= 4 is 17.7 Å². The molecule has 0 heterocycles. The number of amides is 1. The molecule has 0 aliphatic rings. The first-order chi connectivity index (χ1) is 9.80. The van der Waals surface area contributed by atoms with Crippen molar-refractivity contribution in [2.24, 2.45) is 0 Å². The van der Waals surface area contributed by atoms with Crippen molar-refractivity contribution in [3.8, 4) is 0 Å². The van der Waals surface area contributed by atoms with Gasteiger partial charge in [0.2, 0.25) is 5.91 Å². The molecule has 0 unspecified atom stereocenters. The second kappa shape index (κ2) is 7.57. The van der Waals surface area contributed by atoms with Gasteiger partial charge in [-0.15, -0.1) is 0 Å². The van der Waals surface area contributed by atoms with E-state index >= 15 is 0 Å². The number of rotatable bonds is 8. The molecular formula is C16H21NO4. The Kier molecular flexibility index (Phi) is 6.09. The van der Waals surface area contributed by atoms with Gasteiger partial charge in [0.25, 0.3) is 0 Å². The summed E-state index contributed by atoms with van der Waals surface area (Å²) in [4.78, 5) is 34.2. The van der Waals surface area contributed by atoms with Crippen LogP contribution in [0, 0.1) is 0 Å². The van der Waals surface area contributed by atoms with E-state index < -0.39 is 11.5 Å². The van der Waals surface area contributed by atoms with Crippen LogP contribution in [0.1, 0.15) is 49.9 Å². The molecule has 0 radical (unpaired) electrons. The van der Waals surface area contributed by atoms with Gasteiger partial charge in [-0.2, -0.15) is 0 Å². The van der Waals surface area contributed by atoms with Gasteiger partial charge in [-0.1, -0.05) is 30.3 Å². The Hall–Kier alpha value is -2.17. The van der Waals surface area contributed by atoms with Crippen molar-refractivity contribution < 1.29 is 19.5 Å². The van der Waals surface area contributed by atoms with Crippen LogP contribution in [0.2, 0.25) is 0 Å². The lowest BCUT2D eigenvalue weighted by molar-refractivity contribution is -0.137. The Labute approximate surface area is 124 Å². The number of aliphatic carboxylic acids is 1. The van der Waals surface area contributed by atoms with Gasteiger partial charge in [-0.3, -0.25) is 14.4 Å². The fraction of sp³-hybridized carbons (Fsp3) is 0.438. The van der Waals surface area contributed by atoms with E-state index in [9.17, 15) is 14.4 Å². The molecule has 5 nitrogen and oxygen atoms in total. The third-order valence-corrected chi connectivity index (χ3v) is 3.12. The highest BCUT2D eigenvalue weighted by Crippen LogP contribution is 2.12. The zero-order valence-corrected chi connectivity index (χ0v) is 12.4. The van der Waals surface area contributed by atoms with E-state index in [-0.39, 0.29) is 31.0 Å². The second-order valence-corrected chi connectivity index (χ2v) is 5.62. The van der Waals surface area contributed by atoms with Crippen LogP contribution in [-0.2, 0) is 9.59 Å². The number of carboxylic acids is 1. The van der Waals surface area contributed by atoms with E-state index in [4.69, 9.17) is 5.11 Å². The molecule has 0 fully saturated rings. The Morgan fingerprint density at radius 1 is 1.05 bits per heavy atom. The zero-order valence-electron chi connectivity index (χ0n) is 12.4. The second-order valence-electron chi connectivity index (χ2n) is 5.62. The Balaban J connectivity index is 2.40. The van der Waals surface area contributed by atoms with E-state index in [1.807, 2.05) is 6.07 Å². The molecule has 0 bridgehead atoms. The number of carbonyl (C=O) groups excluding carboxylic acids is 2. The minimum absolute atomic E-state index is 0.00374. The Bertz CT molecular complexity index is 508. The van der Waals surface area contributed by atoms with Crippen LogP contribution in [0.15, 0.2) is 30.3 Å². The fourth-order valence-electron chi connectivity index (χ4n) is 1.92. The third kappa shape index (κ3) is 6.70. The van der Waals surface area contributed by atoms with Crippen molar-refractivity contribution in [2.45, 2.75) is 45.1 Å². The molecule has 1 aromatic carbocycles. The van der Waals surface area contributed by atoms with Gasteiger partial charge in [0.05, 0.1) is 0 Å². The van der Waals surface area contributed by atoms with Crippen LogP contribution < -0.4 is 5.32 Å². The van der Waals surface area contributed by atoms with E-state index in [2.05, 4.69) is 5.32 Å². The average molecular weight is 291 g/mol. The number of nitrogens with one attached hydrogen (secondary N) is 1. The average Bonchev–Trinajstić information content (AvgIpc) is 2.43. The van der Waals surface area contributed by atoms with Crippen molar-refractivity contribution in [3.63, 3.8) is 0 Å². The molecule has 0 aliphatic carbocycles. The van der Waals surface area contributed by atoms with Gasteiger partial charge in [-0.25, -0.2) is 0 Å². The first-order valence-corrected chi connectivity index (χ1v) is 6.91. The summed E-state index contributed by atoms with van der Waals surface area (Å²) in [7, 11) is 0. The number of carboxylic acid groups (broad SMARTS) is 1. The number of carbonyl (C=O) groups is 3. The maximum atomic E-state index is 11.9. The molecule has 0 aromatic heterocycles. The Morgan fingerprint density at radius 3 is 2.24 bits per heavy atom. The molecule has 1 aromatic rings. The summed E-state index contributed by atoms with van der Waals surface area (Å²) in [5.41, 5.74) is 0.00100. The number of hydrogen-bond acceptors (Lipinski definition) is 3. The lowest BCUT2D eigenvalue weighted by Crippen LogP contribution is -2.43. The zero-order chi connectivity index (χ0) is 15.9. The maximum Gasteiger partial charge on any atom is 0.303 e. The summed E-state index contributed by atoms with van der Waals surface area (Å²) in [5.74, 6) is -1.21. The van der Waals surface area contributed by atoms with Gasteiger partial charge >= 0.3 is 5.97 Å². The molecule has 0 aliphatic heterocycles. The van der Waals surface area contributed by atoms with Crippen molar-refractivity contribution in [2.75, 3.05) is 0 Å². The van der Waals surface area contributed by atoms with Crippen LogP contribution in [0.4, 0.5) is 0 Å². The minimum atomic E-state index is -0.892. The molecule has 0 atom stereocenters. The smallest absolute Gasteiger partial charge is 0.303 e. The summed E-state index contributed by atoms with van der Waals surface area (Å²) in [6.45, 7) is 3.54.